The lowest BCUT2D eigenvalue weighted by molar-refractivity contribution is 0.0702. The summed E-state index contributed by atoms with van der Waals surface area (Å²) in [6, 6.07) is 6.03. The molecule has 0 radical (unpaired) electrons. The molecule has 0 amide bonds. The van der Waals surface area contributed by atoms with E-state index in [-0.39, 0.29) is 24.3 Å². The van der Waals surface area contributed by atoms with Gasteiger partial charge < -0.3 is 5.11 Å². The summed E-state index contributed by atoms with van der Waals surface area (Å²) >= 11 is 9.86. The van der Waals surface area contributed by atoms with Crippen LogP contribution in [0, 0.1) is 6.92 Å². The molecule has 0 spiro atoms. The van der Waals surface area contributed by atoms with Crippen LogP contribution in [-0.2, 0) is 10.0 Å². The summed E-state index contributed by atoms with van der Waals surface area (Å²) in [4.78, 5) is 10.7. The van der Waals surface area contributed by atoms with E-state index < -0.39 is 16.0 Å². The Morgan fingerprint density at radius 2 is 2.05 bits per heavy atom. The molecule has 0 aliphatic carbocycles. The van der Waals surface area contributed by atoms with Gasteiger partial charge in [0.15, 0.2) is 0 Å². The first-order valence-corrected chi connectivity index (χ1v) is 8.99. The monoisotopic (exact) mass is 409 g/mol. The number of halogens is 2. The van der Waals surface area contributed by atoms with Crippen molar-refractivity contribution in [3.63, 3.8) is 0 Å². The molecule has 1 aromatic carbocycles. The Bertz CT molecular complexity index is 817. The van der Waals surface area contributed by atoms with E-state index in [1.165, 1.54) is 0 Å². The van der Waals surface area contributed by atoms with Crippen molar-refractivity contribution in [3.05, 3.63) is 43.5 Å². The van der Waals surface area contributed by atoms with E-state index in [9.17, 15) is 13.2 Å². The number of benzene rings is 1. The fourth-order valence-corrected chi connectivity index (χ4v) is 5.25. The smallest absolute Gasteiger partial charge is 0.345 e. The fourth-order valence-electron chi connectivity index (χ4n) is 1.56. The summed E-state index contributed by atoms with van der Waals surface area (Å²) in [6.07, 6.45) is 0. The van der Waals surface area contributed by atoms with Gasteiger partial charge in [0, 0.05) is 0 Å². The number of thiophene rings is 1. The Kier molecular flexibility index (Phi) is 4.62. The maximum absolute atomic E-state index is 12.3. The molecule has 2 N–H and O–H groups in total. The first kappa shape index (κ1) is 16.3. The van der Waals surface area contributed by atoms with Crippen molar-refractivity contribution in [3.8, 4) is 0 Å². The zero-order valence-electron chi connectivity index (χ0n) is 10.6. The van der Waals surface area contributed by atoms with Crippen molar-refractivity contribution >= 4 is 60.5 Å². The van der Waals surface area contributed by atoms with Crippen molar-refractivity contribution in [1.82, 2.24) is 0 Å². The van der Waals surface area contributed by atoms with Gasteiger partial charge in [0.2, 0.25) is 0 Å². The molecule has 2 aromatic rings. The third kappa shape index (κ3) is 3.57. The molecule has 21 heavy (non-hydrogen) atoms. The van der Waals surface area contributed by atoms with Crippen LogP contribution in [0.2, 0.25) is 5.02 Å². The minimum absolute atomic E-state index is 0.0717. The lowest BCUT2D eigenvalue weighted by Crippen LogP contribution is -2.13. The van der Waals surface area contributed by atoms with Crippen molar-refractivity contribution in [2.45, 2.75) is 11.8 Å². The largest absolute Gasteiger partial charge is 0.477 e. The van der Waals surface area contributed by atoms with Gasteiger partial charge >= 0.3 is 5.97 Å². The SMILES string of the molecule is Cc1ccc(Cl)c(NS(=O)(=O)c2cc(C(=O)O)sc2Br)c1. The summed E-state index contributed by atoms with van der Waals surface area (Å²) < 4.78 is 27.3. The quantitative estimate of drug-likeness (QED) is 0.799. The van der Waals surface area contributed by atoms with Crippen molar-refractivity contribution in [1.29, 1.82) is 0 Å². The highest BCUT2D eigenvalue weighted by atomic mass is 79.9. The Balaban J connectivity index is 2.43. The Labute approximate surface area is 138 Å². The predicted molar refractivity (Wildman–Crippen MR) is 86.0 cm³/mol. The summed E-state index contributed by atoms with van der Waals surface area (Å²) in [5.74, 6) is -1.18. The third-order valence-electron chi connectivity index (χ3n) is 2.52. The standard InChI is InChI=1S/C12H9BrClNO4S2/c1-6-2-3-7(14)8(4-6)15-21(18,19)10-5-9(12(16)17)20-11(10)13/h2-5,15H,1H3,(H,16,17). The molecule has 0 aliphatic rings. The summed E-state index contributed by atoms with van der Waals surface area (Å²) in [5.41, 5.74) is 1.08. The Morgan fingerprint density at radius 3 is 2.62 bits per heavy atom. The molecule has 0 bridgehead atoms. The highest BCUT2D eigenvalue weighted by molar-refractivity contribution is 9.11. The number of carboxylic acids is 1. The molecule has 9 heteroatoms. The molecule has 1 heterocycles. The zero-order chi connectivity index (χ0) is 15.8. The number of carbonyl (C=O) groups is 1. The van der Waals surface area contributed by atoms with Crippen molar-refractivity contribution < 1.29 is 18.3 Å². The zero-order valence-corrected chi connectivity index (χ0v) is 14.5. The summed E-state index contributed by atoms with van der Waals surface area (Å²) in [6.45, 7) is 1.80. The van der Waals surface area contributed by atoms with E-state index in [0.29, 0.717) is 0 Å². The van der Waals surface area contributed by atoms with Gasteiger partial charge in [0.25, 0.3) is 10.0 Å². The number of carboxylic acid groups (broad SMARTS) is 1. The molecular formula is C12H9BrClNO4S2. The van der Waals surface area contributed by atoms with E-state index in [2.05, 4.69) is 20.7 Å². The van der Waals surface area contributed by atoms with Gasteiger partial charge in [-0.2, -0.15) is 0 Å². The van der Waals surface area contributed by atoms with Crippen LogP contribution >= 0.6 is 38.9 Å². The average molecular weight is 411 g/mol. The number of aromatic carboxylic acids is 1. The van der Waals surface area contributed by atoms with Gasteiger partial charge in [-0.25, -0.2) is 13.2 Å². The number of sulfonamides is 1. The van der Waals surface area contributed by atoms with Crippen LogP contribution in [-0.4, -0.2) is 19.5 Å². The van der Waals surface area contributed by atoms with E-state index in [0.717, 1.165) is 23.0 Å². The molecule has 5 nitrogen and oxygen atoms in total. The second kappa shape index (κ2) is 5.96. The van der Waals surface area contributed by atoms with Crippen LogP contribution < -0.4 is 4.72 Å². The summed E-state index contributed by atoms with van der Waals surface area (Å²) in [7, 11) is -3.93. The number of rotatable bonds is 4. The van der Waals surface area contributed by atoms with Gasteiger partial charge in [-0.15, -0.1) is 11.3 Å². The number of aryl methyl sites for hydroxylation is 1. The third-order valence-corrected chi connectivity index (χ3v) is 6.46. The van der Waals surface area contributed by atoms with Crippen LogP contribution in [0.15, 0.2) is 32.9 Å². The maximum atomic E-state index is 12.3. The second-order valence-electron chi connectivity index (χ2n) is 4.14. The Hall–Kier alpha value is -1.09. The van der Waals surface area contributed by atoms with Crippen LogP contribution in [0.3, 0.4) is 0 Å². The van der Waals surface area contributed by atoms with Crippen LogP contribution in [0.1, 0.15) is 15.2 Å². The predicted octanol–water partition coefficient (Wildman–Crippen LogP) is 3.97. The van der Waals surface area contributed by atoms with Gasteiger partial charge in [0.1, 0.15) is 9.77 Å². The number of anilines is 1. The number of nitrogens with one attached hydrogen (secondary N) is 1. The molecule has 0 fully saturated rings. The first-order valence-electron chi connectivity index (χ1n) is 5.52. The molecular weight excluding hydrogens is 402 g/mol. The maximum Gasteiger partial charge on any atom is 0.345 e. The van der Waals surface area contributed by atoms with Gasteiger partial charge in [0.05, 0.1) is 14.5 Å². The molecule has 0 saturated heterocycles. The van der Waals surface area contributed by atoms with Crippen LogP contribution in [0.4, 0.5) is 5.69 Å². The van der Waals surface area contributed by atoms with Crippen LogP contribution in [0.5, 0.6) is 0 Å². The number of hydrogen-bond acceptors (Lipinski definition) is 4. The van der Waals surface area contributed by atoms with Crippen molar-refractivity contribution in [2.75, 3.05) is 4.72 Å². The van der Waals surface area contributed by atoms with Gasteiger partial charge in [-0.05, 0) is 46.6 Å². The molecule has 0 aliphatic heterocycles. The minimum Gasteiger partial charge on any atom is -0.477 e. The lowest BCUT2D eigenvalue weighted by Gasteiger charge is -2.09. The van der Waals surface area contributed by atoms with Gasteiger partial charge in [-0.3, -0.25) is 4.72 Å². The summed E-state index contributed by atoms with van der Waals surface area (Å²) in [5, 5.41) is 9.17. The molecule has 112 valence electrons. The molecule has 2 rings (SSSR count). The highest BCUT2D eigenvalue weighted by Gasteiger charge is 2.24. The minimum atomic E-state index is -3.93. The number of hydrogen-bond donors (Lipinski definition) is 2. The van der Waals surface area contributed by atoms with E-state index >= 15 is 0 Å². The van der Waals surface area contributed by atoms with Gasteiger partial charge in [-0.1, -0.05) is 17.7 Å². The normalized spacial score (nSPS) is 11.4. The van der Waals surface area contributed by atoms with Crippen molar-refractivity contribution in [2.24, 2.45) is 0 Å². The topological polar surface area (TPSA) is 83.5 Å². The van der Waals surface area contributed by atoms with Crippen LogP contribution in [0.25, 0.3) is 0 Å². The molecule has 0 atom stereocenters. The molecule has 0 saturated carbocycles. The van der Waals surface area contributed by atoms with E-state index in [1.54, 1.807) is 25.1 Å². The van der Waals surface area contributed by atoms with E-state index in [4.69, 9.17) is 16.7 Å². The fraction of sp³-hybridized carbons (Fsp3) is 0.0833. The lowest BCUT2D eigenvalue weighted by atomic mass is 10.2. The Morgan fingerprint density at radius 1 is 1.38 bits per heavy atom. The van der Waals surface area contributed by atoms with E-state index in [1.807, 2.05) is 0 Å². The first-order chi connectivity index (χ1) is 9.70. The molecule has 0 unspecified atom stereocenters. The highest BCUT2D eigenvalue weighted by Crippen LogP contribution is 2.34. The second-order valence-corrected chi connectivity index (χ2v) is 8.57. The average Bonchev–Trinajstić information content (AvgIpc) is 2.77. The molecule has 1 aromatic heterocycles.